The second-order valence-corrected chi connectivity index (χ2v) is 11.6. The van der Waals surface area contributed by atoms with Crippen LogP contribution in [0.3, 0.4) is 0 Å². The normalized spacial score (nSPS) is 16.4. The first kappa shape index (κ1) is 28.9. The Balaban J connectivity index is 1.63. The summed E-state index contributed by atoms with van der Waals surface area (Å²) in [5.41, 5.74) is 1.06. The molecule has 2 aromatic carbocycles. The summed E-state index contributed by atoms with van der Waals surface area (Å²) in [5.74, 6) is -4.52. The van der Waals surface area contributed by atoms with E-state index in [4.69, 9.17) is 16.3 Å². The number of alkyl halides is 3. The van der Waals surface area contributed by atoms with E-state index in [9.17, 15) is 22.8 Å². The van der Waals surface area contributed by atoms with Crippen molar-refractivity contribution < 1.29 is 27.5 Å². The van der Waals surface area contributed by atoms with Crippen molar-refractivity contribution in [1.82, 2.24) is 4.98 Å². The summed E-state index contributed by atoms with van der Waals surface area (Å²) in [6.45, 7) is 6.40. The first-order valence-corrected chi connectivity index (χ1v) is 13.3. The third kappa shape index (κ3) is 7.29. The van der Waals surface area contributed by atoms with Gasteiger partial charge in [-0.1, -0.05) is 42.8 Å². The third-order valence-corrected chi connectivity index (χ3v) is 7.29. The summed E-state index contributed by atoms with van der Waals surface area (Å²) < 4.78 is 47.3. The molecule has 0 spiro atoms. The number of hydrogen-bond acceptors (Lipinski definition) is 4. The summed E-state index contributed by atoms with van der Waals surface area (Å²) in [6, 6.07) is 13.3. The van der Waals surface area contributed by atoms with Gasteiger partial charge in [-0.05, 0) is 80.8 Å². The minimum Gasteiger partial charge on any atom is -0.460 e. The summed E-state index contributed by atoms with van der Waals surface area (Å²) >= 11 is 6.39. The van der Waals surface area contributed by atoms with E-state index in [0.717, 1.165) is 30.7 Å². The van der Waals surface area contributed by atoms with Crippen LogP contribution in [0.5, 0.6) is 0 Å². The lowest BCUT2D eigenvalue weighted by atomic mass is 9.85. The fraction of sp³-hybridized carbons (Fsp3) is 0.433. The Morgan fingerprint density at radius 1 is 1.08 bits per heavy atom. The Kier molecular flexibility index (Phi) is 8.26. The van der Waals surface area contributed by atoms with Crippen molar-refractivity contribution in [3.63, 3.8) is 0 Å². The molecule has 5 nitrogen and oxygen atoms in total. The SMILES string of the molecule is CC(C(C(=O)Nc1cc(C(CC(=O)OC(C)(C)C)C2CC2)ccc1Cl)c1ccc2cccnc2c1)C(F)(F)F. The second kappa shape index (κ2) is 11.2. The Morgan fingerprint density at radius 3 is 2.41 bits per heavy atom. The number of pyridine rings is 1. The first-order valence-electron chi connectivity index (χ1n) is 13.0. The number of anilines is 1. The zero-order chi connectivity index (χ0) is 28.5. The lowest BCUT2D eigenvalue weighted by Crippen LogP contribution is -2.34. The largest absolute Gasteiger partial charge is 0.460 e. The van der Waals surface area contributed by atoms with Crippen LogP contribution in [0.15, 0.2) is 54.7 Å². The van der Waals surface area contributed by atoms with Crippen LogP contribution in [0, 0.1) is 11.8 Å². The molecule has 1 N–H and O–H groups in total. The molecular weight excluding hydrogens is 529 g/mol. The van der Waals surface area contributed by atoms with Gasteiger partial charge in [0.15, 0.2) is 0 Å². The molecule has 0 bridgehead atoms. The number of esters is 1. The van der Waals surface area contributed by atoms with Gasteiger partial charge in [0, 0.05) is 11.6 Å². The van der Waals surface area contributed by atoms with Gasteiger partial charge in [-0.25, -0.2) is 0 Å². The maximum absolute atomic E-state index is 13.9. The molecule has 0 aliphatic heterocycles. The lowest BCUT2D eigenvalue weighted by Gasteiger charge is -2.26. The van der Waals surface area contributed by atoms with Gasteiger partial charge >= 0.3 is 12.1 Å². The molecule has 3 unspecified atom stereocenters. The molecule has 1 amide bonds. The molecule has 9 heteroatoms. The van der Waals surface area contributed by atoms with E-state index in [2.05, 4.69) is 10.3 Å². The number of nitrogens with one attached hydrogen (secondary N) is 1. The predicted octanol–water partition coefficient (Wildman–Crippen LogP) is 8.03. The van der Waals surface area contributed by atoms with E-state index in [1.165, 1.54) is 12.1 Å². The standard InChI is InChI=1S/C30H32ClF3N2O3/c1-17(30(32,33)34)27(21-10-9-19-6-5-13-35-24(19)15-21)28(38)36-25-14-20(11-12-23(25)31)22(18-7-8-18)16-26(37)39-29(2,3)4/h5-6,9-15,17-18,22,27H,7-8,16H2,1-4H3,(H,36,38). The molecule has 1 heterocycles. The molecular formula is C30H32ClF3N2O3. The highest BCUT2D eigenvalue weighted by Crippen LogP contribution is 2.46. The van der Waals surface area contributed by atoms with Crippen molar-refractivity contribution >= 4 is 40.1 Å². The van der Waals surface area contributed by atoms with Crippen LogP contribution < -0.4 is 5.32 Å². The molecule has 0 radical (unpaired) electrons. The Bertz CT molecular complexity index is 1370. The van der Waals surface area contributed by atoms with Crippen LogP contribution in [-0.2, 0) is 14.3 Å². The lowest BCUT2D eigenvalue weighted by molar-refractivity contribution is -0.178. The number of carbonyl (C=O) groups excluding carboxylic acids is 2. The van der Waals surface area contributed by atoms with Gasteiger partial charge in [-0.3, -0.25) is 14.6 Å². The maximum atomic E-state index is 13.9. The Morgan fingerprint density at radius 2 is 1.77 bits per heavy atom. The van der Waals surface area contributed by atoms with Crippen molar-refractivity contribution in [1.29, 1.82) is 0 Å². The van der Waals surface area contributed by atoms with E-state index in [1.54, 1.807) is 63.4 Å². The number of rotatable bonds is 8. The van der Waals surface area contributed by atoms with Crippen molar-refractivity contribution in [2.75, 3.05) is 5.32 Å². The highest BCUT2D eigenvalue weighted by molar-refractivity contribution is 6.33. The van der Waals surface area contributed by atoms with Gasteiger partial charge in [0.25, 0.3) is 0 Å². The summed E-state index contributed by atoms with van der Waals surface area (Å²) in [4.78, 5) is 30.3. The number of fused-ring (bicyclic) bond motifs is 1. The fourth-order valence-corrected chi connectivity index (χ4v) is 5.00. The molecule has 0 saturated heterocycles. The molecule has 4 rings (SSSR count). The minimum atomic E-state index is -4.61. The summed E-state index contributed by atoms with van der Waals surface area (Å²) in [5, 5.41) is 3.60. The monoisotopic (exact) mass is 560 g/mol. The smallest absolute Gasteiger partial charge is 0.392 e. The topological polar surface area (TPSA) is 68.3 Å². The molecule has 39 heavy (non-hydrogen) atoms. The van der Waals surface area contributed by atoms with E-state index in [-0.39, 0.29) is 40.5 Å². The zero-order valence-corrected chi connectivity index (χ0v) is 23.1. The van der Waals surface area contributed by atoms with Crippen LogP contribution in [0.2, 0.25) is 5.02 Å². The van der Waals surface area contributed by atoms with Gasteiger partial charge < -0.3 is 10.1 Å². The molecule has 3 atom stereocenters. The predicted molar refractivity (Wildman–Crippen MR) is 146 cm³/mol. The Hall–Kier alpha value is -3.13. The summed E-state index contributed by atoms with van der Waals surface area (Å²) in [7, 11) is 0. The first-order chi connectivity index (χ1) is 18.2. The van der Waals surface area contributed by atoms with Crippen LogP contribution in [-0.4, -0.2) is 28.6 Å². The van der Waals surface area contributed by atoms with Crippen LogP contribution in [0.25, 0.3) is 10.9 Å². The van der Waals surface area contributed by atoms with E-state index < -0.39 is 29.5 Å². The van der Waals surface area contributed by atoms with Crippen molar-refractivity contribution in [2.45, 2.75) is 70.6 Å². The highest BCUT2D eigenvalue weighted by Gasteiger charge is 2.45. The number of benzene rings is 2. The maximum Gasteiger partial charge on any atom is 0.392 e. The average Bonchev–Trinajstić information content (AvgIpc) is 3.68. The van der Waals surface area contributed by atoms with E-state index in [1.807, 2.05) is 0 Å². The molecule has 3 aromatic rings. The van der Waals surface area contributed by atoms with Gasteiger partial charge in [0.1, 0.15) is 5.60 Å². The van der Waals surface area contributed by atoms with Gasteiger partial charge in [-0.2, -0.15) is 13.2 Å². The number of ether oxygens (including phenoxy) is 1. The van der Waals surface area contributed by atoms with E-state index in [0.29, 0.717) is 5.52 Å². The van der Waals surface area contributed by atoms with Crippen molar-refractivity contribution in [3.8, 4) is 0 Å². The zero-order valence-electron chi connectivity index (χ0n) is 22.3. The average molecular weight is 561 g/mol. The van der Waals surface area contributed by atoms with Crippen molar-refractivity contribution in [2.24, 2.45) is 11.8 Å². The number of amides is 1. The molecule has 1 aliphatic carbocycles. The quantitative estimate of drug-likeness (QED) is 0.283. The molecule has 1 aliphatic rings. The number of hydrogen-bond donors (Lipinski definition) is 1. The van der Waals surface area contributed by atoms with Gasteiger partial charge in [0.05, 0.1) is 34.5 Å². The van der Waals surface area contributed by atoms with Gasteiger partial charge in [-0.15, -0.1) is 0 Å². The molecule has 1 aromatic heterocycles. The van der Waals surface area contributed by atoms with Crippen molar-refractivity contribution in [3.05, 3.63) is 70.9 Å². The number of halogens is 4. The third-order valence-electron chi connectivity index (χ3n) is 6.96. The number of carbonyl (C=O) groups is 2. The highest BCUT2D eigenvalue weighted by atomic mass is 35.5. The van der Waals surface area contributed by atoms with Crippen LogP contribution >= 0.6 is 11.6 Å². The molecule has 1 saturated carbocycles. The molecule has 208 valence electrons. The number of nitrogens with zero attached hydrogens (tertiary/aromatic N) is 1. The molecule has 1 fully saturated rings. The minimum absolute atomic E-state index is 0.149. The second-order valence-electron chi connectivity index (χ2n) is 11.2. The van der Waals surface area contributed by atoms with Crippen LogP contribution in [0.4, 0.5) is 18.9 Å². The van der Waals surface area contributed by atoms with Crippen LogP contribution in [0.1, 0.15) is 69.9 Å². The Labute approximate surface area is 231 Å². The summed E-state index contributed by atoms with van der Waals surface area (Å²) in [6.07, 6.45) is -0.989. The van der Waals surface area contributed by atoms with Gasteiger partial charge in [0.2, 0.25) is 5.91 Å². The van der Waals surface area contributed by atoms with E-state index >= 15 is 0 Å². The number of aromatic nitrogens is 1. The fourth-order valence-electron chi connectivity index (χ4n) is 4.83.